The summed E-state index contributed by atoms with van der Waals surface area (Å²) in [7, 11) is 1.63. The second-order valence-electron chi connectivity index (χ2n) is 9.50. The molecule has 0 spiro atoms. The first kappa shape index (κ1) is 28.9. The Morgan fingerprint density at radius 3 is 2.49 bits per heavy atom. The molecule has 2 N–H and O–H groups in total. The van der Waals surface area contributed by atoms with E-state index in [2.05, 4.69) is 20.1 Å². The summed E-state index contributed by atoms with van der Waals surface area (Å²) in [6.07, 6.45) is -7.33. The summed E-state index contributed by atoms with van der Waals surface area (Å²) in [5.41, 5.74) is -2.03. The van der Waals surface area contributed by atoms with Crippen molar-refractivity contribution in [2.24, 2.45) is 0 Å². The summed E-state index contributed by atoms with van der Waals surface area (Å²) in [6, 6.07) is 6.50. The van der Waals surface area contributed by atoms with Gasteiger partial charge in [-0.05, 0) is 41.5 Å². The van der Waals surface area contributed by atoms with Crippen LogP contribution in [0.25, 0.3) is 22.6 Å². The van der Waals surface area contributed by atoms with Crippen LogP contribution >= 0.6 is 11.3 Å². The van der Waals surface area contributed by atoms with Crippen molar-refractivity contribution in [1.82, 2.24) is 20.1 Å². The minimum Gasteiger partial charge on any atom is -0.492 e. The molecule has 14 heteroatoms. The van der Waals surface area contributed by atoms with Gasteiger partial charge in [0.05, 0.1) is 29.4 Å². The van der Waals surface area contributed by atoms with Gasteiger partial charge in [0.1, 0.15) is 4.88 Å². The molecule has 1 aliphatic rings. The molecule has 2 aromatic heterocycles. The summed E-state index contributed by atoms with van der Waals surface area (Å²) >= 11 is 1.10. The van der Waals surface area contributed by atoms with Crippen LogP contribution in [-0.4, -0.2) is 71.6 Å². The van der Waals surface area contributed by atoms with Crippen molar-refractivity contribution in [3.05, 3.63) is 69.7 Å². The Bertz CT molecular complexity index is 1550. The molecule has 4 aromatic rings. The monoisotopic (exact) mass is 597 g/mol. The minimum absolute atomic E-state index is 0.101. The Hall–Kier alpha value is -3.62. The van der Waals surface area contributed by atoms with Crippen molar-refractivity contribution in [2.45, 2.75) is 12.4 Å². The molecule has 41 heavy (non-hydrogen) atoms. The van der Waals surface area contributed by atoms with Gasteiger partial charge in [-0.2, -0.15) is 36.4 Å². The number of methoxy groups -OCH3 is 1. The zero-order valence-corrected chi connectivity index (χ0v) is 22.5. The lowest BCUT2D eigenvalue weighted by atomic mass is 9.96. The van der Waals surface area contributed by atoms with Gasteiger partial charge in [0.25, 0.3) is 0 Å². The first-order chi connectivity index (χ1) is 19.4. The lowest BCUT2D eigenvalue weighted by Crippen LogP contribution is -2.47. The largest absolute Gasteiger partial charge is 0.492 e. The molecule has 0 radical (unpaired) electrons. The fourth-order valence-electron chi connectivity index (χ4n) is 4.64. The molecule has 0 bridgehead atoms. The number of nitrogens with one attached hydrogen (secondary N) is 1. The second-order valence-corrected chi connectivity index (χ2v) is 10.5. The number of benzene rings is 2. The highest BCUT2D eigenvalue weighted by Gasteiger charge is 2.38. The molecule has 1 saturated heterocycles. The van der Waals surface area contributed by atoms with E-state index in [4.69, 9.17) is 4.74 Å². The van der Waals surface area contributed by atoms with Gasteiger partial charge < -0.3 is 14.7 Å². The lowest BCUT2D eigenvalue weighted by Gasteiger charge is -2.34. The van der Waals surface area contributed by atoms with Gasteiger partial charge >= 0.3 is 12.4 Å². The SMILES string of the molecule is COCCN1CCN(c2nc(O)c(C(=Cc3ccc(C(F)(F)F)cc3C(F)(F)F)c3ccc4[nH]ncc4c3)s2)CC1. The first-order valence-electron chi connectivity index (χ1n) is 12.5. The number of H-pyrrole nitrogens is 1. The summed E-state index contributed by atoms with van der Waals surface area (Å²) in [6.45, 7) is 4.08. The molecule has 0 saturated carbocycles. The van der Waals surface area contributed by atoms with E-state index in [0.717, 1.165) is 43.1 Å². The highest BCUT2D eigenvalue weighted by atomic mass is 32.1. The third kappa shape index (κ3) is 6.34. The number of aromatic hydroxyl groups is 1. The van der Waals surface area contributed by atoms with E-state index in [1.54, 1.807) is 25.3 Å². The number of rotatable bonds is 7. The molecule has 2 aromatic carbocycles. The summed E-state index contributed by atoms with van der Waals surface area (Å²) < 4.78 is 86.9. The number of aromatic amines is 1. The fraction of sp³-hybridized carbons (Fsp3) is 0.333. The standard InChI is InChI=1S/C27H25F6N5O2S/c1-40-11-10-37-6-8-38(9-7-37)25-35-24(39)23(41-25)20(16-3-5-22-18(12-16)15-34-36-22)13-17-2-4-19(26(28,29)30)14-21(17)27(31,32)33/h2-5,12-15,39H,6-11H2,1H3,(H,34,36). The second kappa shape index (κ2) is 11.3. The smallest absolute Gasteiger partial charge is 0.417 e. The Morgan fingerprint density at radius 1 is 1.05 bits per heavy atom. The van der Waals surface area contributed by atoms with Crippen molar-refractivity contribution in [3.8, 4) is 5.88 Å². The summed E-state index contributed by atoms with van der Waals surface area (Å²) in [5, 5.41) is 18.8. The molecule has 1 aliphatic heterocycles. The number of halogens is 6. The summed E-state index contributed by atoms with van der Waals surface area (Å²) in [5.74, 6) is -0.383. The third-order valence-electron chi connectivity index (χ3n) is 6.83. The number of thiazole rings is 1. The quantitative estimate of drug-likeness (QED) is 0.198. The van der Waals surface area contributed by atoms with Crippen molar-refractivity contribution in [1.29, 1.82) is 0 Å². The topological polar surface area (TPSA) is 77.5 Å². The van der Waals surface area contributed by atoms with Crippen LogP contribution < -0.4 is 4.90 Å². The Kier molecular flexibility index (Phi) is 7.99. The van der Waals surface area contributed by atoms with Crippen LogP contribution in [0, 0.1) is 0 Å². The Morgan fingerprint density at radius 2 is 1.80 bits per heavy atom. The van der Waals surface area contributed by atoms with Gasteiger partial charge in [-0.15, -0.1) is 0 Å². The van der Waals surface area contributed by atoms with Crippen LogP contribution in [-0.2, 0) is 17.1 Å². The first-order valence-corrected chi connectivity index (χ1v) is 13.4. The zero-order chi connectivity index (χ0) is 29.4. The number of alkyl halides is 6. The van der Waals surface area contributed by atoms with Crippen molar-refractivity contribution >= 4 is 39.0 Å². The number of ether oxygens (including phenoxy) is 1. The van der Waals surface area contributed by atoms with E-state index < -0.39 is 29.0 Å². The number of nitrogens with zero attached hydrogens (tertiary/aromatic N) is 4. The molecular weight excluding hydrogens is 572 g/mol. The number of aromatic nitrogens is 3. The zero-order valence-electron chi connectivity index (χ0n) is 21.7. The van der Waals surface area contributed by atoms with Crippen LogP contribution in [0.2, 0.25) is 0 Å². The minimum atomic E-state index is -5.06. The third-order valence-corrected chi connectivity index (χ3v) is 7.97. The molecule has 218 valence electrons. The van der Waals surface area contributed by atoms with Gasteiger partial charge in [-0.3, -0.25) is 10.00 Å². The Labute approximate surface area is 234 Å². The highest BCUT2D eigenvalue weighted by molar-refractivity contribution is 7.17. The van der Waals surface area contributed by atoms with E-state index >= 15 is 0 Å². The van der Waals surface area contributed by atoms with Gasteiger partial charge in [-0.1, -0.05) is 23.5 Å². The van der Waals surface area contributed by atoms with Gasteiger partial charge in [-0.25, -0.2) is 0 Å². The molecule has 7 nitrogen and oxygen atoms in total. The molecular formula is C27H25F6N5O2S. The fourth-order valence-corrected chi connectivity index (χ4v) is 5.69. The van der Waals surface area contributed by atoms with E-state index in [9.17, 15) is 31.4 Å². The maximum absolute atomic E-state index is 14.0. The van der Waals surface area contributed by atoms with Crippen molar-refractivity contribution in [3.63, 3.8) is 0 Å². The molecule has 1 fully saturated rings. The maximum Gasteiger partial charge on any atom is 0.417 e. The van der Waals surface area contributed by atoms with Crippen LogP contribution in [0.1, 0.15) is 27.1 Å². The average molecular weight is 598 g/mol. The molecule has 0 atom stereocenters. The molecule has 0 aliphatic carbocycles. The number of anilines is 1. The van der Waals surface area contributed by atoms with E-state index in [1.165, 1.54) is 6.20 Å². The molecule has 5 rings (SSSR count). The van der Waals surface area contributed by atoms with Crippen LogP contribution in [0.4, 0.5) is 31.5 Å². The van der Waals surface area contributed by atoms with Gasteiger partial charge in [0.15, 0.2) is 5.13 Å². The van der Waals surface area contributed by atoms with Gasteiger partial charge in [0, 0.05) is 50.8 Å². The van der Waals surface area contributed by atoms with Crippen molar-refractivity contribution < 1.29 is 36.2 Å². The van der Waals surface area contributed by atoms with Crippen LogP contribution in [0.3, 0.4) is 0 Å². The van der Waals surface area contributed by atoms with Crippen LogP contribution in [0.5, 0.6) is 5.88 Å². The van der Waals surface area contributed by atoms with E-state index in [0.29, 0.717) is 47.4 Å². The van der Waals surface area contributed by atoms with Gasteiger partial charge in [0.2, 0.25) is 5.88 Å². The van der Waals surface area contributed by atoms with E-state index in [-0.39, 0.29) is 22.4 Å². The summed E-state index contributed by atoms with van der Waals surface area (Å²) in [4.78, 5) is 8.70. The van der Waals surface area contributed by atoms with Crippen molar-refractivity contribution in [2.75, 3.05) is 51.3 Å². The number of fused-ring (bicyclic) bond motifs is 1. The number of piperazine rings is 1. The predicted molar refractivity (Wildman–Crippen MR) is 144 cm³/mol. The Balaban J connectivity index is 1.59. The lowest BCUT2D eigenvalue weighted by molar-refractivity contribution is -0.143. The number of hydrogen-bond donors (Lipinski definition) is 2. The van der Waals surface area contributed by atoms with E-state index in [1.807, 2.05) is 4.90 Å². The molecule has 0 amide bonds. The average Bonchev–Trinajstić information content (AvgIpc) is 3.56. The molecule has 3 heterocycles. The number of hydrogen-bond acceptors (Lipinski definition) is 7. The normalized spacial score (nSPS) is 15.7. The maximum atomic E-state index is 14.0. The predicted octanol–water partition coefficient (Wildman–Crippen LogP) is 6.12. The highest BCUT2D eigenvalue weighted by Crippen LogP contribution is 2.43. The van der Waals surface area contributed by atoms with Crippen LogP contribution in [0.15, 0.2) is 42.6 Å². The molecule has 0 unspecified atom stereocenters.